The van der Waals surface area contributed by atoms with Gasteiger partial charge in [-0.1, -0.05) is 12.1 Å². The number of halogens is 1. The topological polar surface area (TPSA) is 64.4 Å². The van der Waals surface area contributed by atoms with Gasteiger partial charge in [0.15, 0.2) is 0 Å². The van der Waals surface area contributed by atoms with Crippen LogP contribution in [0.5, 0.6) is 5.75 Å². The van der Waals surface area contributed by atoms with Crippen molar-refractivity contribution in [2.45, 2.75) is 13.5 Å². The number of ether oxygens (including phenoxy) is 1. The van der Waals surface area contributed by atoms with Crippen molar-refractivity contribution in [1.29, 1.82) is 0 Å². The molecule has 2 rings (SSSR count). The van der Waals surface area contributed by atoms with E-state index < -0.39 is 4.92 Å². The maximum atomic E-state index is 10.9. The van der Waals surface area contributed by atoms with Gasteiger partial charge in [-0.15, -0.1) is 0 Å². The van der Waals surface area contributed by atoms with Gasteiger partial charge >= 0.3 is 0 Å². The number of benzene rings is 2. The third-order valence-electron chi connectivity index (χ3n) is 2.90. The number of rotatable bonds is 6. The van der Waals surface area contributed by atoms with Crippen LogP contribution >= 0.6 is 15.9 Å². The molecule has 0 aliphatic rings. The first-order valence-electron chi connectivity index (χ1n) is 6.50. The minimum absolute atomic E-state index is 0.0704. The van der Waals surface area contributed by atoms with Crippen LogP contribution in [-0.2, 0) is 6.54 Å². The van der Waals surface area contributed by atoms with E-state index in [9.17, 15) is 10.1 Å². The molecule has 0 spiro atoms. The van der Waals surface area contributed by atoms with Crippen molar-refractivity contribution in [1.82, 2.24) is 0 Å². The van der Waals surface area contributed by atoms with E-state index in [0.29, 0.717) is 17.6 Å². The molecule has 0 aliphatic heterocycles. The summed E-state index contributed by atoms with van der Waals surface area (Å²) in [5.74, 6) is 0.819. The molecule has 1 N–H and O–H groups in total. The lowest BCUT2D eigenvalue weighted by Gasteiger charge is -2.09. The van der Waals surface area contributed by atoms with E-state index in [-0.39, 0.29) is 5.69 Å². The second-order valence-corrected chi connectivity index (χ2v) is 5.11. The number of hydrogen-bond acceptors (Lipinski definition) is 4. The zero-order valence-corrected chi connectivity index (χ0v) is 13.1. The highest BCUT2D eigenvalue weighted by molar-refractivity contribution is 9.10. The maximum Gasteiger partial charge on any atom is 0.283 e. The Hall–Kier alpha value is -2.08. The minimum Gasteiger partial charge on any atom is -0.494 e. The molecular formula is C15H15BrN2O3. The smallest absolute Gasteiger partial charge is 0.283 e. The first kappa shape index (κ1) is 15.3. The van der Waals surface area contributed by atoms with E-state index in [0.717, 1.165) is 17.0 Å². The average molecular weight is 351 g/mol. The summed E-state index contributed by atoms with van der Waals surface area (Å²) in [5, 5.41) is 14.1. The Bertz CT molecular complexity index is 629. The predicted molar refractivity (Wildman–Crippen MR) is 85.7 cm³/mol. The van der Waals surface area contributed by atoms with E-state index in [1.807, 2.05) is 37.3 Å². The summed E-state index contributed by atoms with van der Waals surface area (Å²) in [6.45, 7) is 3.07. The van der Waals surface area contributed by atoms with E-state index in [4.69, 9.17) is 4.74 Å². The molecule has 6 heteroatoms. The van der Waals surface area contributed by atoms with Gasteiger partial charge < -0.3 is 10.1 Å². The molecule has 0 amide bonds. The predicted octanol–water partition coefficient (Wildman–Crippen LogP) is 4.37. The first-order chi connectivity index (χ1) is 10.1. The first-order valence-corrected chi connectivity index (χ1v) is 7.29. The van der Waals surface area contributed by atoms with Gasteiger partial charge in [0.25, 0.3) is 5.69 Å². The van der Waals surface area contributed by atoms with Gasteiger partial charge in [-0.3, -0.25) is 10.1 Å². The van der Waals surface area contributed by atoms with Gasteiger partial charge in [-0.05, 0) is 52.7 Å². The number of anilines is 1. The third kappa shape index (κ3) is 3.95. The molecule has 21 heavy (non-hydrogen) atoms. The van der Waals surface area contributed by atoms with Gasteiger partial charge in [0.2, 0.25) is 0 Å². The van der Waals surface area contributed by atoms with Crippen molar-refractivity contribution in [3.63, 3.8) is 0 Å². The highest BCUT2D eigenvalue weighted by Crippen LogP contribution is 2.28. The van der Waals surface area contributed by atoms with E-state index in [1.54, 1.807) is 6.07 Å². The van der Waals surface area contributed by atoms with E-state index in [1.165, 1.54) is 6.07 Å². The Kier molecular flexibility index (Phi) is 5.16. The molecule has 0 fully saturated rings. The van der Waals surface area contributed by atoms with E-state index in [2.05, 4.69) is 21.2 Å². The zero-order chi connectivity index (χ0) is 15.2. The van der Waals surface area contributed by atoms with Gasteiger partial charge in [-0.2, -0.15) is 0 Å². The van der Waals surface area contributed by atoms with E-state index >= 15 is 0 Å². The summed E-state index contributed by atoms with van der Waals surface area (Å²) in [6, 6.07) is 12.6. The van der Waals surface area contributed by atoms with Crippen LogP contribution in [0.2, 0.25) is 0 Å². The van der Waals surface area contributed by atoms with Crippen molar-refractivity contribution in [3.8, 4) is 5.75 Å². The van der Waals surface area contributed by atoms with Crippen LogP contribution in [0.1, 0.15) is 12.5 Å². The van der Waals surface area contributed by atoms with Gasteiger partial charge in [0.05, 0.1) is 11.5 Å². The molecule has 0 bridgehead atoms. The Balaban J connectivity index is 2.06. The molecule has 0 saturated heterocycles. The molecule has 0 radical (unpaired) electrons. The fraction of sp³-hybridized carbons (Fsp3) is 0.200. The molecule has 0 saturated carbocycles. The SMILES string of the molecule is CCOc1ccc(NCc2cccc([N+](=O)[O-])c2Br)cc1. The Morgan fingerprint density at radius 1 is 1.24 bits per heavy atom. The molecule has 110 valence electrons. The quantitative estimate of drug-likeness (QED) is 0.620. The van der Waals surface area contributed by atoms with Crippen molar-refractivity contribution in [2.75, 3.05) is 11.9 Å². The summed E-state index contributed by atoms with van der Waals surface area (Å²) in [6.07, 6.45) is 0. The molecule has 0 unspecified atom stereocenters. The number of nitrogens with zero attached hydrogens (tertiary/aromatic N) is 1. The largest absolute Gasteiger partial charge is 0.494 e. The molecule has 5 nitrogen and oxygen atoms in total. The number of nitro groups is 1. The lowest BCUT2D eigenvalue weighted by Crippen LogP contribution is -2.02. The van der Waals surface area contributed by atoms with Crippen LogP contribution in [0.4, 0.5) is 11.4 Å². The lowest BCUT2D eigenvalue weighted by atomic mass is 10.2. The second-order valence-electron chi connectivity index (χ2n) is 4.32. The molecule has 2 aromatic rings. The summed E-state index contributed by atoms with van der Waals surface area (Å²) < 4.78 is 5.88. The summed E-state index contributed by atoms with van der Waals surface area (Å²) >= 11 is 3.29. The molecular weight excluding hydrogens is 336 g/mol. The van der Waals surface area contributed by atoms with Crippen molar-refractivity contribution in [3.05, 3.63) is 62.6 Å². The summed E-state index contributed by atoms with van der Waals surface area (Å²) in [5.41, 5.74) is 1.83. The third-order valence-corrected chi connectivity index (χ3v) is 3.82. The lowest BCUT2D eigenvalue weighted by molar-refractivity contribution is -0.385. The highest BCUT2D eigenvalue weighted by atomic mass is 79.9. The average Bonchev–Trinajstić information content (AvgIpc) is 2.48. The fourth-order valence-electron chi connectivity index (χ4n) is 1.88. The standard InChI is InChI=1S/C15H15BrN2O3/c1-2-21-13-8-6-12(7-9-13)17-10-11-4-3-5-14(15(11)16)18(19)20/h3-9,17H,2,10H2,1H3. The summed E-state index contributed by atoms with van der Waals surface area (Å²) in [4.78, 5) is 10.5. The van der Waals surface area contributed by atoms with Crippen LogP contribution in [0.3, 0.4) is 0 Å². The monoisotopic (exact) mass is 350 g/mol. The fourth-order valence-corrected chi connectivity index (χ4v) is 2.43. The van der Waals surface area contributed by atoms with Gasteiger partial charge in [0.1, 0.15) is 10.2 Å². The Labute approximate surface area is 131 Å². The summed E-state index contributed by atoms with van der Waals surface area (Å²) in [7, 11) is 0. The number of hydrogen-bond donors (Lipinski definition) is 1. The van der Waals surface area contributed by atoms with Crippen LogP contribution in [0.25, 0.3) is 0 Å². The van der Waals surface area contributed by atoms with Gasteiger partial charge in [-0.25, -0.2) is 0 Å². The normalized spacial score (nSPS) is 10.2. The van der Waals surface area contributed by atoms with Crippen molar-refractivity contribution >= 4 is 27.3 Å². The Morgan fingerprint density at radius 2 is 1.95 bits per heavy atom. The number of nitro benzene ring substituents is 1. The molecule has 0 atom stereocenters. The van der Waals surface area contributed by atoms with Crippen molar-refractivity contribution in [2.24, 2.45) is 0 Å². The van der Waals surface area contributed by atoms with Gasteiger partial charge in [0, 0.05) is 18.3 Å². The van der Waals surface area contributed by atoms with Crippen LogP contribution in [0.15, 0.2) is 46.9 Å². The van der Waals surface area contributed by atoms with Crippen LogP contribution < -0.4 is 10.1 Å². The highest BCUT2D eigenvalue weighted by Gasteiger charge is 2.14. The molecule has 0 heterocycles. The molecule has 0 aliphatic carbocycles. The number of nitrogens with one attached hydrogen (secondary N) is 1. The molecule has 0 aromatic heterocycles. The minimum atomic E-state index is -0.398. The van der Waals surface area contributed by atoms with Crippen LogP contribution in [0, 0.1) is 10.1 Å². The maximum absolute atomic E-state index is 10.9. The molecule has 2 aromatic carbocycles. The van der Waals surface area contributed by atoms with Crippen LogP contribution in [-0.4, -0.2) is 11.5 Å². The second kappa shape index (κ2) is 7.08. The zero-order valence-electron chi connectivity index (χ0n) is 11.5. The van der Waals surface area contributed by atoms with Crippen molar-refractivity contribution < 1.29 is 9.66 Å². The Morgan fingerprint density at radius 3 is 2.57 bits per heavy atom.